The molecule has 2 aliphatic heterocycles. The molecule has 4 aromatic rings. The van der Waals surface area contributed by atoms with Crippen molar-refractivity contribution in [2.24, 2.45) is 0 Å². The van der Waals surface area contributed by atoms with Gasteiger partial charge in [0.1, 0.15) is 5.60 Å². The molecule has 1 atom stereocenters. The first-order valence-electron chi connectivity index (χ1n) is 9.44. The van der Waals surface area contributed by atoms with Gasteiger partial charge in [0.25, 0.3) is 0 Å². The van der Waals surface area contributed by atoms with Crippen molar-refractivity contribution in [1.29, 1.82) is 0 Å². The van der Waals surface area contributed by atoms with Crippen LogP contribution in [0.2, 0.25) is 0 Å². The Bertz CT molecular complexity index is 1390. The van der Waals surface area contributed by atoms with E-state index in [2.05, 4.69) is 15.3 Å². The molecule has 2 aliphatic rings. The van der Waals surface area contributed by atoms with Crippen LogP contribution >= 0.6 is 11.3 Å². The predicted molar refractivity (Wildman–Crippen MR) is 114 cm³/mol. The van der Waals surface area contributed by atoms with E-state index in [-0.39, 0.29) is 5.75 Å². The monoisotopic (exact) mass is 423 g/mol. The first-order valence-corrected chi connectivity index (χ1v) is 12.0. The fourth-order valence-corrected chi connectivity index (χ4v) is 7.16. The fourth-order valence-electron chi connectivity index (χ4n) is 4.47. The number of sulfone groups is 1. The molecule has 1 saturated heterocycles. The first-order chi connectivity index (χ1) is 14.0. The number of ether oxygens (including phenoxy) is 1. The van der Waals surface area contributed by atoms with E-state index in [4.69, 9.17) is 4.74 Å². The van der Waals surface area contributed by atoms with Gasteiger partial charge in [0, 0.05) is 35.1 Å². The second kappa shape index (κ2) is 5.98. The Kier molecular flexibility index (Phi) is 3.57. The van der Waals surface area contributed by atoms with E-state index in [1.54, 1.807) is 23.6 Å². The van der Waals surface area contributed by atoms with Crippen LogP contribution in [0.15, 0.2) is 53.0 Å². The summed E-state index contributed by atoms with van der Waals surface area (Å²) in [4.78, 5) is 9.24. The van der Waals surface area contributed by atoms with Gasteiger partial charge < -0.3 is 10.1 Å². The molecule has 2 aromatic carbocycles. The van der Waals surface area contributed by atoms with Gasteiger partial charge >= 0.3 is 0 Å². The number of hydrogen-bond donors (Lipinski definition) is 1. The zero-order valence-electron chi connectivity index (χ0n) is 15.4. The van der Waals surface area contributed by atoms with Crippen molar-refractivity contribution >= 4 is 53.7 Å². The number of thiazole rings is 1. The van der Waals surface area contributed by atoms with Crippen LogP contribution in [0.25, 0.3) is 21.1 Å². The standard InChI is InChI=1S/C21H17N3O3S2/c25-29(26)11-21(5-1-7-27-21)15-10-17-14(9-20(15)29)16(4-6-22-17)24-13-2-3-19-18(8-13)23-12-28-19/h2-4,6,8-10,12H,1,5,7,11H2,(H,22,24). The van der Waals surface area contributed by atoms with Crippen LogP contribution in [0.1, 0.15) is 18.4 Å². The van der Waals surface area contributed by atoms with E-state index in [9.17, 15) is 8.42 Å². The maximum absolute atomic E-state index is 12.9. The van der Waals surface area contributed by atoms with Gasteiger partial charge in [-0.25, -0.2) is 13.4 Å². The number of rotatable bonds is 2. The van der Waals surface area contributed by atoms with E-state index in [0.717, 1.165) is 50.9 Å². The van der Waals surface area contributed by atoms with E-state index in [0.29, 0.717) is 11.5 Å². The predicted octanol–water partition coefficient (Wildman–Crippen LogP) is 4.38. The second-order valence-electron chi connectivity index (χ2n) is 7.59. The lowest BCUT2D eigenvalue weighted by atomic mass is 9.92. The molecule has 0 radical (unpaired) electrons. The summed E-state index contributed by atoms with van der Waals surface area (Å²) in [5.41, 5.74) is 5.29. The molecular weight excluding hydrogens is 406 g/mol. The highest BCUT2D eigenvalue weighted by molar-refractivity contribution is 7.91. The normalized spacial score (nSPS) is 22.5. The summed E-state index contributed by atoms with van der Waals surface area (Å²) in [5.74, 6) is 0.0227. The maximum atomic E-state index is 12.9. The molecule has 0 saturated carbocycles. The summed E-state index contributed by atoms with van der Waals surface area (Å²) in [6.45, 7) is 0.598. The highest BCUT2D eigenvalue weighted by Gasteiger charge is 2.50. The van der Waals surface area contributed by atoms with Crippen LogP contribution in [-0.4, -0.2) is 30.7 Å². The molecule has 0 bridgehead atoms. The maximum Gasteiger partial charge on any atom is 0.181 e. The van der Waals surface area contributed by atoms with E-state index in [1.165, 1.54) is 0 Å². The molecule has 1 N–H and O–H groups in total. The third-order valence-corrected chi connectivity index (χ3v) is 8.47. The summed E-state index contributed by atoms with van der Waals surface area (Å²) in [5, 5.41) is 4.19. The van der Waals surface area contributed by atoms with Crippen LogP contribution in [0.3, 0.4) is 0 Å². The first kappa shape index (κ1) is 17.3. The Labute approximate surface area is 171 Å². The number of pyridine rings is 1. The highest BCUT2D eigenvalue weighted by atomic mass is 32.2. The highest BCUT2D eigenvalue weighted by Crippen LogP contribution is 2.48. The number of aromatic nitrogens is 2. The molecule has 2 aromatic heterocycles. The lowest BCUT2D eigenvalue weighted by Crippen LogP contribution is -2.26. The Hall–Kier alpha value is -2.55. The van der Waals surface area contributed by atoms with E-state index in [1.807, 2.05) is 35.8 Å². The number of nitrogens with zero attached hydrogens (tertiary/aromatic N) is 2. The minimum Gasteiger partial charge on any atom is -0.369 e. The van der Waals surface area contributed by atoms with Crippen molar-refractivity contribution < 1.29 is 13.2 Å². The molecule has 29 heavy (non-hydrogen) atoms. The number of anilines is 2. The zero-order chi connectivity index (χ0) is 19.6. The summed E-state index contributed by atoms with van der Waals surface area (Å²) in [7, 11) is -3.39. The summed E-state index contributed by atoms with van der Waals surface area (Å²) in [6.07, 6.45) is 3.35. The SMILES string of the molecule is O=S1(=O)CC2(CCCO2)c2cc3nccc(Nc4ccc5scnc5c4)c3cc21. The van der Waals surface area contributed by atoms with Gasteiger partial charge in [0.15, 0.2) is 9.84 Å². The van der Waals surface area contributed by atoms with Crippen LogP contribution < -0.4 is 5.32 Å². The van der Waals surface area contributed by atoms with Gasteiger partial charge in [-0.3, -0.25) is 4.98 Å². The van der Waals surface area contributed by atoms with Crippen LogP contribution in [0, 0.1) is 0 Å². The van der Waals surface area contributed by atoms with Gasteiger partial charge in [-0.2, -0.15) is 0 Å². The Morgan fingerprint density at radius 1 is 1.10 bits per heavy atom. The molecule has 8 heteroatoms. The smallest absolute Gasteiger partial charge is 0.181 e. The lowest BCUT2D eigenvalue weighted by molar-refractivity contribution is 0.0215. The van der Waals surface area contributed by atoms with Gasteiger partial charge in [0.05, 0.1) is 31.9 Å². The minimum absolute atomic E-state index is 0.0227. The molecule has 6 rings (SSSR count). The summed E-state index contributed by atoms with van der Waals surface area (Å²) < 4.78 is 32.9. The Balaban J connectivity index is 1.51. The fraction of sp³-hybridized carbons (Fsp3) is 0.238. The van der Waals surface area contributed by atoms with Crippen molar-refractivity contribution in [2.45, 2.75) is 23.3 Å². The number of nitrogens with one attached hydrogen (secondary N) is 1. The van der Waals surface area contributed by atoms with Crippen molar-refractivity contribution in [3.8, 4) is 0 Å². The molecule has 1 spiro atoms. The minimum atomic E-state index is -3.39. The molecule has 0 aliphatic carbocycles. The van der Waals surface area contributed by atoms with Gasteiger partial charge in [-0.15, -0.1) is 11.3 Å². The third-order valence-electron chi connectivity index (χ3n) is 5.80. The van der Waals surface area contributed by atoms with Crippen LogP contribution in [0.5, 0.6) is 0 Å². The van der Waals surface area contributed by atoms with Gasteiger partial charge in [0.2, 0.25) is 0 Å². The van der Waals surface area contributed by atoms with Crippen LogP contribution in [-0.2, 0) is 20.2 Å². The lowest BCUT2D eigenvalue weighted by Gasteiger charge is -2.22. The Morgan fingerprint density at radius 2 is 2.03 bits per heavy atom. The van der Waals surface area contributed by atoms with E-state index >= 15 is 0 Å². The van der Waals surface area contributed by atoms with Gasteiger partial charge in [-0.1, -0.05) is 0 Å². The van der Waals surface area contributed by atoms with Crippen molar-refractivity contribution in [1.82, 2.24) is 9.97 Å². The van der Waals surface area contributed by atoms with Gasteiger partial charge in [-0.05, 0) is 49.2 Å². The molecule has 0 amide bonds. The molecular formula is C21H17N3O3S2. The Morgan fingerprint density at radius 3 is 2.90 bits per heavy atom. The number of hydrogen-bond acceptors (Lipinski definition) is 7. The topological polar surface area (TPSA) is 81.2 Å². The molecule has 146 valence electrons. The average molecular weight is 424 g/mol. The summed E-state index contributed by atoms with van der Waals surface area (Å²) >= 11 is 1.60. The molecule has 4 heterocycles. The van der Waals surface area contributed by atoms with E-state index < -0.39 is 15.4 Å². The van der Waals surface area contributed by atoms with Crippen molar-refractivity contribution in [3.63, 3.8) is 0 Å². The molecule has 1 fully saturated rings. The molecule has 1 unspecified atom stereocenters. The summed E-state index contributed by atoms with van der Waals surface area (Å²) in [6, 6.07) is 11.5. The zero-order valence-corrected chi connectivity index (χ0v) is 17.0. The van der Waals surface area contributed by atoms with Crippen molar-refractivity contribution in [3.05, 3.63) is 53.7 Å². The quantitative estimate of drug-likeness (QED) is 0.515. The second-order valence-corrected chi connectivity index (χ2v) is 10.4. The number of fused-ring (bicyclic) bond motifs is 4. The number of benzene rings is 2. The van der Waals surface area contributed by atoms with Crippen LogP contribution in [0.4, 0.5) is 11.4 Å². The average Bonchev–Trinajstić information content (AvgIpc) is 3.40. The van der Waals surface area contributed by atoms with Crippen molar-refractivity contribution in [2.75, 3.05) is 17.7 Å². The molecule has 6 nitrogen and oxygen atoms in total. The third kappa shape index (κ3) is 2.59. The largest absolute Gasteiger partial charge is 0.369 e.